The minimum absolute atomic E-state index is 0.0707. The van der Waals surface area contributed by atoms with Crippen LogP contribution in [0.1, 0.15) is 67.3 Å². The van der Waals surface area contributed by atoms with Gasteiger partial charge in [0.25, 0.3) is 0 Å². The van der Waals surface area contributed by atoms with Crippen molar-refractivity contribution in [2.24, 2.45) is 17.8 Å². The van der Waals surface area contributed by atoms with Gasteiger partial charge in [-0.3, -0.25) is 0 Å². The Bertz CT molecular complexity index is 1110. The Morgan fingerprint density at radius 3 is 2.46 bits per heavy atom. The minimum atomic E-state index is -1.36. The second-order valence-corrected chi connectivity index (χ2v) is 9.54. The third-order valence-corrected chi connectivity index (χ3v) is 7.46. The molecular formula is C29H31F3O3. The molecule has 186 valence electrons. The lowest BCUT2D eigenvalue weighted by atomic mass is 9.64. The second kappa shape index (κ2) is 11.1. The van der Waals surface area contributed by atoms with E-state index in [0.717, 1.165) is 37.3 Å². The number of halogens is 3. The van der Waals surface area contributed by atoms with E-state index in [-0.39, 0.29) is 23.8 Å². The summed E-state index contributed by atoms with van der Waals surface area (Å²) in [4.78, 5) is 12.5. The maximum atomic E-state index is 14.9. The van der Waals surface area contributed by atoms with Crippen LogP contribution in [0.2, 0.25) is 0 Å². The molecule has 4 atom stereocenters. The van der Waals surface area contributed by atoms with E-state index in [0.29, 0.717) is 17.8 Å². The van der Waals surface area contributed by atoms with Crippen LogP contribution in [0.25, 0.3) is 0 Å². The predicted molar refractivity (Wildman–Crippen MR) is 129 cm³/mol. The first-order valence-electron chi connectivity index (χ1n) is 12.3. The molecule has 3 nitrogen and oxygen atoms in total. The van der Waals surface area contributed by atoms with Gasteiger partial charge in [0, 0.05) is 0 Å². The van der Waals surface area contributed by atoms with Crippen molar-refractivity contribution in [1.29, 1.82) is 0 Å². The number of rotatable bonds is 7. The largest absolute Gasteiger partial charge is 0.486 e. The van der Waals surface area contributed by atoms with Gasteiger partial charge in [-0.1, -0.05) is 24.3 Å². The number of carbonyl (C=O) groups excluding carboxylic acids is 1. The third kappa shape index (κ3) is 5.63. The van der Waals surface area contributed by atoms with E-state index in [1.165, 1.54) is 31.0 Å². The van der Waals surface area contributed by atoms with E-state index >= 15 is 0 Å². The Labute approximate surface area is 204 Å². The molecule has 2 aromatic carbocycles. The van der Waals surface area contributed by atoms with Crippen LogP contribution in [0.3, 0.4) is 0 Å². The first-order valence-corrected chi connectivity index (χ1v) is 12.3. The molecule has 0 amide bonds. The molecule has 0 radical (unpaired) electrons. The lowest BCUT2D eigenvalue weighted by molar-refractivity contribution is 0.0721. The molecule has 0 bridgehead atoms. The maximum Gasteiger partial charge on any atom is 0.346 e. The Morgan fingerprint density at radius 1 is 1.00 bits per heavy atom. The zero-order chi connectivity index (χ0) is 24.9. The molecular weight excluding hydrogens is 453 g/mol. The molecule has 2 aromatic rings. The molecule has 6 heteroatoms. The summed E-state index contributed by atoms with van der Waals surface area (Å²) < 4.78 is 53.6. The molecule has 0 heterocycles. The van der Waals surface area contributed by atoms with Gasteiger partial charge in [-0.15, -0.1) is 6.58 Å². The van der Waals surface area contributed by atoms with Crippen molar-refractivity contribution in [2.45, 2.75) is 51.4 Å². The second-order valence-electron chi connectivity index (χ2n) is 9.54. The summed E-state index contributed by atoms with van der Waals surface area (Å²) in [7, 11) is 0. The van der Waals surface area contributed by atoms with Crippen LogP contribution in [0, 0.1) is 35.2 Å². The van der Waals surface area contributed by atoms with Gasteiger partial charge in [0.05, 0.1) is 5.56 Å². The van der Waals surface area contributed by atoms with E-state index < -0.39 is 29.2 Å². The number of allylic oxidation sites excluding steroid dienone is 2. The number of ether oxygens (including phenoxy) is 2. The molecule has 35 heavy (non-hydrogen) atoms. The van der Waals surface area contributed by atoms with Crippen molar-refractivity contribution in [3.8, 4) is 11.5 Å². The van der Waals surface area contributed by atoms with Crippen LogP contribution in [0.4, 0.5) is 13.2 Å². The van der Waals surface area contributed by atoms with Crippen molar-refractivity contribution in [3.05, 3.63) is 83.7 Å². The van der Waals surface area contributed by atoms with Gasteiger partial charge >= 0.3 is 5.97 Å². The van der Waals surface area contributed by atoms with Crippen molar-refractivity contribution >= 4 is 5.97 Å². The van der Waals surface area contributed by atoms with E-state index in [1.807, 2.05) is 0 Å². The first-order chi connectivity index (χ1) is 16.9. The molecule has 0 spiro atoms. The lowest BCUT2D eigenvalue weighted by Gasteiger charge is -2.41. The zero-order valence-electron chi connectivity index (χ0n) is 19.9. The summed E-state index contributed by atoms with van der Waals surface area (Å²) in [5, 5.41) is 0. The predicted octanol–water partition coefficient (Wildman–Crippen LogP) is 7.76. The first kappa shape index (κ1) is 25.1. The fourth-order valence-electron chi connectivity index (χ4n) is 5.49. The highest BCUT2D eigenvalue weighted by atomic mass is 19.2. The molecule has 0 saturated heterocycles. The highest BCUT2D eigenvalue weighted by Gasteiger charge is 2.35. The number of carbonyl (C=O) groups is 1. The lowest BCUT2D eigenvalue weighted by Crippen LogP contribution is -2.30. The molecule has 2 saturated carbocycles. The minimum Gasteiger partial charge on any atom is -0.486 e. The van der Waals surface area contributed by atoms with E-state index in [9.17, 15) is 18.0 Å². The molecule has 4 unspecified atom stereocenters. The number of esters is 1. The monoisotopic (exact) mass is 484 g/mol. The normalized spacial score (nSPS) is 24.1. The Morgan fingerprint density at radius 2 is 1.71 bits per heavy atom. The fraction of sp³-hybridized carbons (Fsp3) is 0.414. The van der Waals surface area contributed by atoms with Crippen LogP contribution in [0.15, 0.2) is 55.1 Å². The average Bonchev–Trinajstić information content (AvgIpc) is 2.87. The smallest absolute Gasteiger partial charge is 0.346 e. The summed E-state index contributed by atoms with van der Waals surface area (Å²) in [5.41, 5.74) is 0.547. The quantitative estimate of drug-likeness (QED) is 0.229. The van der Waals surface area contributed by atoms with Crippen molar-refractivity contribution in [1.82, 2.24) is 0 Å². The van der Waals surface area contributed by atoms with E-state index in [4.69, 9.17) is 9.47 Å². The topological polar surface area (TPSA) is 35.5 Å². The number of hydrogen-bond donors (Lipinski definition) is 0. The standard InChI is InChI=1S/C29H31F3O3/c1-3-5-14-34-25-12-13-26(28(32)27(25)31)35-29(33)23-11-10-22(17-24(23)30)21-9-8-19-15-18(4-2)6-7-20(19)16-21/h3-5,10-13,17-21H,2,6-9,14-16H2,1H3/b5-3+. The SMILES string of the molecule is C=CC1CCC2CC(c3ccc(C(=O)Oc4ccc(OC/C=C/C)c(F)c4F)c(F)c3)CCC2C1. The van der Waals surface area contributed by atoms with E-state index in [1.54, 1.807) is 25.1 Å². The third-order valence-electron chi connectivity index (χ3n) is 7.46. The summed E-state index contributed by atoms with van der Waals surface area (Å²) in [6.45, 7) is 5.79. The highest BCUT2D eigenvalue weighted by molar-refractivity contribution is 5.91. The Kier molecular flexibility index (Phi) is 7.99. The molecule has 0 aliphatic heterocycles. The van der Waals surface area contributed by atoms with E-state index in [2.05, 4.69) is 12.7 Å². The van der Waals surface area contributed by atoms with Crippen LogP contribution in [-0.4, -0.2) is 12.6 Å². The van der Waals surface area contributed by atoms with Gasteiger partial charge < -0.3 is 9.47 Å². The van der Waals surface area contributed by atoms with Crippen LogP contribution >= 0.6 is 0 Å². The molecule has 2 aliphatic carbocycles. The van der Waals surface area contributed by atoms with Crippen molar-refractivity contribution < 1.29 is 27.4 Å². The summed E-state index contributed by atoms with van der Waals surface area (Å²) in [6.07, 6.45) is 12.1. The van der Waals surface area contributed by atoms with Gasteiger partial charge in [0.2, 0.25) is 11.6 Å². The summed E-state index contributed by atoms with van der Waals surface area (Å²) >= 11 is 0. The van der Waals surface area contributed by atoms with Crippen molar-refractivity contribution in [2.75, 3.05) is 6.61 Å². The van der Waals surface area contributed by atoms with Crippen LogP contribution in [-0.2, 0) is 0 Å². The van der Waals surface area contributed by atoms with Crippen LogP contribution < -0.4 is 9.47 Å². The van der Waals surface area contributed by atoms with Gasteiger partial charge in [-0.2, -0.15) is 8.78 Å². The van der Waals surface area contributed by atoms with Gasteiger partial charge in [0.15, 0.2) is 11.5 Å². The van der Waals surface area contributed by atoms with Gasteiger partial charge in [-0.05, 0) is 98.9 Å². The summed E-state index contributed by atoms with van der Waals surface area (Å²) in [6, 6.07) is 6.76. The average molecular weight is 485 g/mol. The van der Waals surface area contributed by atoms with Crippen LogP contribution in [0.5, 0.6) is 11.5 Å². The number of hydrogen-bond acceptors (Lipinski definition) is 3. The highest BCUT2D eigenvalue weighted by Crippen LogP contribution is 2.47. The van der Waals surface area contributed by atoms with Gasteiger partial charge in [0.1, 0.15) is 12.4 Å². The molecule has 0 aromatic heterocycles. The maximum absolute atomic E-state index is 14.9. The molecule has 2 fully saturated rings. The Hall–Kier alpha value is -3.02. The zero-order valence-corrected chi connectivity index (χ0v) is 19.9. The Balaban J connectivity index is 1.42. The molecule has 4 rings (SSSR count). The van der Waals surface area contributed by atoms with Gasteiger partial charge in [-0.25, -0.2) is 9.18 Å². The van der Waals surface area contributed by atoms with Crippen molar-refractivity contribution in [3.63, 3.8) is 0 Å². The number of benzene rings is 2. The number of fused-ring (bicyclic) bond motifs is 1. The summed E-state index contributed by atoms with van der Waals surface area (Å²) in [5.74, 6) is -3.17. The molecule has 0 N–H and O–H groups in total. The fourth-order valence-corrected chi connectivity index (χ4v) is 5.49. The molecule has 2 aliphatic rings.